The second-order valence-corrected chi connectivity index (χ2v) is 3.32. The van der Waals surface area contributed by atoms with Crippen LogP contribution >= 0.6 is 0 Å². The largest absolute Gasteiger partial charge is 0.496 e. The minimum Gasteiger partial charge on any atom is -0.496 e. The number of carbonyl (C=O) groups is 1. The van der Waals surface area contributed by atoms with Crippen molar-refractivity contribution < 1.29 is 14.3 Å². The Morgan fingerprint density at radius 2 is 2.27 bits per heavy atom. The van der Waals surface area contributed by atoms with Crippen LogP contribution in [0.5, 0.6) is 5.75 Å². The lowest BCUT2D eigenvalue weighted by Crippen LogP contribution is -1.95. The smallest absolute Gasteiger partial charge is 0.340 e. The van der Waals surface area contributed by atoms with Gasteiger partial charge < -0.3 is 9.47 Å². The summed E-state index contributed by atoms with van der Waals surface area (Å²) in [4.78, 5) is 11.4. The van der Waals surface area contributed by atoms with E-state index in [0.29, 0.717) is 16.9 Å². The van der Waals surface area contributed by atoms with Crippen molar-refractivity contribution in [1.29, 1.82) is 5.26 Å². The third-order valence-corrected chi connectivity index (χ3v) is 2.41. The Kier molecular flexibility index (Phi) is 2.09. The molecule has 2 rings (SSSR count). The predicted octanol–water partition coefficient (Wildman–Crippen LogP) is 1.74. The minimum atomic E-state index is -0.804. The summed E-state index contributed by atoms with van der Waals surface area (Å²) in [6.07, 6.45) is -0.804. The number of hydrogen-bond acceptors (Lipinski definition) is 4. The van der Waals surface area contributed by atoms with Crippen molar-refractivity contribution in [3.8, 4) is 11.8 Å². The van der Waals surface area contributed by atoms with Crippen LogP contribution < -0.4 is 4.74 Å². The van der Waals surface area contributed by atoms with Gasteiger partial charge >= 0.3 is 5.97 Å². The molecule has 0 fully saturated rings. The zero-order valence-electron chi connectivity index (χ0n) is 8.40. The lowest BCUT2D eigenvalue weighted by Gasteiger charge is -2.06. The molecule has 1 aromatic rings. The lowest BCUT2D eigenvalue weighted by atomic mass is 10.0. The van der Waals surface area contributed by atoms with Crippen LogP contribution in [-0.2, 0) is 4.74 Å². The van der Waals surface area contributed by atoms with Crippen LogP contribution in [0, 0.1) is 18.3 Å². The Morgan fingerprint density at radius 3 is 2.87 bits per heavy atom. The first-order chi connectivity index (χ1) is 7.17. The standard InChI is InChI=1S/C11H9NO3/c1-6-3-8-7(4-9(6)14-2)10(5-12)15-11(8)13/h3-4,10H,1-2H3. The quantitative estimate of drug-likeness (QED) is 0.652. The second kappa shape index (κ2) is 3.28. The van der Waals surface area contributed by atoms with Gasteiger partial charge in [0.15, 0.2) is 0 Å². The number of fused-ring (bicyclic) bond motifs is 1. The molecular formula is C11H9NO3. The molecule has 1 aliphatic rings. The molecule has 1 heterocycles. The Labute approximate surface area is 87.0 Å². The molecule has 0 saturated heterocycles. The van der Waals surface area contributed by atoms with Crippen molar-refractivity contribution >= 4 is 5.97 Å². The molecule has 0 amide bonds. The molecule has 4 heteroatoms. The number of cyclic esters (lactones) is 1. The van der Waals surface area contributed by atoms with Crippen molar-refractivity contribution in [2.75, 3.05) is 7.11 Å². The molecule has 1 aromatic carbocycles. The van der Waals surface area contributed by atoms with E-state index in [1.54, 1.807) is 19.2 Å². The summed E-state index contributed by atoms with van der Waals surface area (Å²) in [6.45, 7) is 1.84. The molecule has 1 atom stereocenters. The van der Waals surface area contributed by atoms with E-state index in [-0.39, 0.29) is 0 Å². The van der Waals surface area contributed by atoms with E-state index in [2.05, 4.69) is 0 Å². The Balaban J connectivity index is 2.61. The number of nitriles is 1. The number of hydrogen-bond donors (Lipinski definition) is 0. The van der Waals surface area contributed by atoms with E-state index in [1.807, 2.05) is 13.0 Å². The van der Waals surface area contributed by atoms with Crippen LogP contribution in [0.4, 0.5) is 0 Å². The van der Waals surface area contributed by atoms with Gasteiger partial charge in [-0.05, 0) is 24.6 Å². The molecule has 0 saturated carbocycles. The van der Waals surface area contributed by atoms with Crippen molar-refractivity contribution in [2.24, 2.45) is 0 Å². The van der Waals surface area contributed by atoms with Gasteiger partial charge in [-0.25, -0.2) is 4.79 Å². The fraction of sp³-hybridized carbons (Fsp3) is 0.273. The first-order valence-corrected chi connectivity index (χ1v) is 4.46. The highest BCUT2D eigenvalue weighted by Gasteiger charge is 2.31. The molecule has 76 valence electrons. The number of ether oxygens (including phenoxy) is 2. The van der Waals surface area contributed by atoms with Gasteiger partial charge in [-0.15, -0.1) is 0 Å². The summed E-state index contributed by atoms with van der Waals surface area (Å²) in [5.41, 5.74) is 1.90. The molecular weight excluding hydrogens is 194 g/mol. The zero-order valence-corrected chi connectivity index (χ0v) is 8.40. The fourth-order valence-corrected chi connectivity index (χ4v) is 1.65. The van der Waals surface area contributed by atoms with Crippen LogP contribution in [0.25, 0.3) is 0 Å². The summed E-state index contributed by atoms with van der Waals surface area (Å²) in [5.74, 6) is 0.217. The topological polar surface area (TPSA) is 59.3 Å². The molecule has 1 aliphatic heterocycles. The zero-order chi connectivity index (χ0) is 11.0. The number of aryl methyl sites for hydroxylation is 1. The highest BCUT2D eigenvalue weighted by Crippen LogP contribution is 2.34. The van der Waals surface area contributed by atoms with E-state index in [4.69, 9.17) is 14.7 Å². The van der Waals surface area contributed by atoms with E-state index in [0.717, 1.165) is 5.56 Å². The van der Waals surface area contributed by atoms with Crippen LogP contribution in [0.1, 0.15) is 27.6 Å². The molecule has 0 radical (unpaired) electrons. The van der Waals surface area contributed by atoms with Crippen molar-refractivity contribution in [3.63, 3.8) is 0 Å². The summed E-state index contributed by atoms with van der Waals surface area (Å²) in [5, 5.41) is 8.80. The Hall–Kier alpha value is -2.02. The average molecular weight is 203 g/mol. The third kappa shape index (κ3) is 1.33. The molecule has 15 heavy (non-hydrogen) atoms. The van der Waals surface area contributed by atoms with E-state index < -0.39 is 12.1 Å². The summed E-state index contributed by atoms with van der Waals surface area (Å²) >= 11 is 0. The first-order valence-electron chi connectivity index (χ1n) is 4.46. The Bertz CT molecular complexity index is 473. The van der Waals surface area contributed by atoms with Gasteiger partial charge in [-0.3, -0.25) is 0 Å². The number of esters is 1. The third-order valence-electron chi connectivity index (χ3n) is 2.41. The summed E-state index contributed by atoms with van der Waals surface area (Å²) < 4.78 is 10.0. The number of carbonyl (C=O) groups excluding carboxylic acids is 1. The molecule has 0 spiro atoms. The maximum absolute atomic E-state index is 11.4. The molecule has 0 N–H and O–H groups in total. The highest BCUT2D eigenvalue weighted by atomic mass is 16.5. The fourth-order valence-electron chi connectivity index (χ4n) is 1.65. The molecule has 0 aliphatic carbocycles. The van der Waals surface area contributed by atoms with Gasteiger partial charge in [0.1, 0.15) is 11.8 Å². The normalized spacial score (nSPS) is 17.9. The van der Waals surface area contributed by atoms with Crippen LogP contribution in [0.15, 0.2) is 12.1 Å². The Morgan fingerprint density at radius 1 is 1.53 bits per heavy atom. The van der Waals surface area contributed by atoms with Gasteiger partial charge in [0.05, 0.1) is 12.7 Å². The van der Waals surface area contributed by atoms with Crippen LogP contribution in [-0.4, -0.2) is 13.1 Å². The van der Waals surface area contributed by atoms with E-state index in [9.17, 15) is 4.79 Å². The number of benzene rings is 1. The second-order valence-electron chi connectivity index (χ2n) is 3.32. The lowest BCUT2D eigenvalue weighted by molar-refractivity contribution is 0.0478. The van der Waals surface area contributed by atoms with Crippen molar-refractivity contribution in [2.45, 2.75) is 13.0 Å². The van der Waals surface area contributed by atoms with Crippen molar-refractivity contribution in [1.82, 2.24) is 0 Å². The predicted molar refractivity (Wildman–Crippen MR) is 51.5 cm³/mol. The van der Waals surface area contributed by atoms with Gasteiger partial charge in [0.25, 0.3) is 0 Å². The van der Waals surface area contributed by atoms with Crippen LogP contribution in [0.3, 0.4) is 0 Å². The SMILES string of the molecule is COc1cc2c(cc1C)C(=O)OC2C#N. The number of rotatable bonds is 1. The molecule has 1 unspecified atom stereocenters. The monoisotopic (exact) mass is 203 g/mol. The summed E-state index contributed by atoms with van der Waals surface area (Å²) in [7, 11) is 1.55. The van der Waals surface area contributed by atoms with Gasteiger partial charge in [-0.2, -0.15) is 5.26 Å². The highest BCUT2D eigenvalue weighted by molar-refractivity contribution is 5.95. The van der Waals surface area contributed by atoms with Crippen molar-refractivity contribution in [3.05, 3.63) is 28.8 Å². The number of nitrogens with zero attached hydrogens (tertiary/aromatic N) is 1. The molecule has 0 bridgehead atoms. The first kappa shape index (κ1) is 9.53. The van der Waals surface area contributed by atoms with Gasteiger partial charge in [-0.1, -0.05) is 0 Å². The van der Waals surface area contributed by atoms with E-state index >= 15 is 0 Å². The molecule has 0 aromatic heterocycles. The van der Waals surface area contributed by atoms with E-state index in [1.165, 1.54) is 0 Å². The summed E-state index contributed by atoms with van der Waals surface area (Å²) in [6, 6.07) is 5.29. The maximum atomic E-state index is 11.4. The molecule has 4 nitrogen and oxygen atoms in total. The minimum absolute atomic E-state index is 0.442. The maximum Gasteiger partial charge on any atom is 0.340 e. The van der Waals surface area contributed by atoms with Crippen LogP contribution in [0.2, 0.25) is 0 Å². The van der Waals surface area contributed by atoms with Gasteiger partial charge in [0.2, 0.25) is 6.10 Å². The number of methoxy groups -OCH3 is 1. The van der Waals surface area contributed by atoms with Gasteiger partial charge in [0, 0.05) is 5.56 Å². The average Bonchev–Trinajstić information content (AvgIpc) is 2.54.